The summed E-state index contributed by atoms with van der Waals surface area (Å²) in [4.78, 5) is 21.0. The molecule has 2 aromatic rings. The van der Waals surface area contributed by atoms with E-state index in [4.69, 9.17) is 9.47 Å². The highest BCUT2D eigenvalue weighted by atomic mass is 16.7. The molecule has 5 nitrogen and oxygen atoms in total. The number of hydrogen-bond donors (Lipinski definition) is 0. The molecule has 0 spiro atoms. The third-order valence-corrected chi connectivity index (χ3v) is 5.66. The highest BCUT2D eigenvalue weighted by Gasteiger charge is 2.15. The molecule has 0 N–H and O–H groups in total. The summed E-state index contributed by atoms with van der Waals surface area (Å²) in [6, 6.07) is 7.68. The van der Waals surface area contributed by atoms with Gasteiger partial charge in [-0.15, -0.1) is 0 Å². The Hall–Kier alpha value is -2.43. The van der Waals surface area contributed by atoms with Crippen LogP contribution in [0.5, 0.6) is 11.8 Å². The minimum Gasteiger partial charge on any atom is -0.375 e. The Labute approximate surface area is 194 Å². The Kier molecular flexibility index (Phi) is 13.1. The van der Waals surface area contributed by atoms with Gasteiger partial charge in [0.15, 0.2) is 0 Å². The second kappa shape index (κ2) is 16.2. The van der Waals surface area contributed by atoms with E-state index >= 15 is 0 Å². The summed E-state index contributed by atoms with van der Waals surface area (Å²) in [5, 5.41) is 0. The maximum Gasteiger partial charge on any atom is 0.522 e. The molecule has 0 aromatic carbocycles. The number of aromatic nitrogens is 2. The molecule has 0 unspecified atom stereocenters. The predicted molar refractivity (Wildman–Crippen MR) is 129 cm³/mol. The molecule has 2 heterocycles. The fourth-order valence-electron chi connectivity index (χ4n) is 3.78. The third kappa shape index (κ3) is 10.3. The lowest BCUT2D eigenvalue weighted by atomic mass is 10.1. The highest BCUT2D eigenvalue weighted by Crippen LogP contribution is 2.21. The Balaban J connectivity index is 1.84. The van der Waals surface area contributed by atoms with Crippen molar-refractivity contribution in [1.82, 2.24) is 9.97 Å². The molecule has 0 saturated carbocycles. The number of aryl methyl sites for hydroxylation is 2. The van der Waals surface area contributed by atoms with Crippen molar-refractivity contribution in [3.8, 4) is 11.8 Å². The van der Waals surface area contributed by atoms with Crippen molar-refractivity contribution < 1.29 is 14.3 Å². The first-order valence-electron chi connectivity index (χ1n) is 12.5. The van der Waals surface area contributed by atoms with E-state index in [1.54, 1.807) is 12.4 Å². The second-order valence-electron chi connectivity index (χ2n) is 8.43. The molecule has 0 aliphatic rings. The van der Waals surface area contributed by atoms with Crippen molar-refractivity contribution in [3.05, 3.63) is 47.8 Å². The lowest BCUT2D eigenvalue weighted by Gasteiger charge is -2.11. The summed E-state index contributed by atoms with van der Waals surface area (Å²) in [7, 11) is 0. The van der Waals surface area contributed by atoms with Crippen molar-refractivity contribution in [1.29, 1.82) is 0 Å². The Morgan fingerprint density at radius 2 is 1.06 bits per heavy atom. The monoisotopic (exact) mass is 440 g/mol. The molecule has 2 aromatic heterocycles. The number of ether oxygens (including phenoxy) is 2. The number of carbonyl (C=O) groups excluding carboxylic acids is 1. The van der Waals surface area contributed by atoms with Gasteiger partial charge in [0.05, 0.1) is 0 Å². The van der Waals surface area contributed by atoms with Crippen LogP contribution in [0.1, 0.15) is 102 Å². The van der Waals surface area contributed by atoms with E-state index in [-0.39, 0.29) is 0 Å². The zero-order valence-electron chi connectivity index (χ0n) is 20.0. The second-order valence-corrected chi connectivity index (χ2v) is 8.43. The number of nitrogens with zero attached hydrogens (tertiary/aromatic N) is 2. The molecule has 32 heavy (non-hydrogen) atoms. The van der Waals surface area contributed by atoms with Crippen LogP contribution in [0.4, 0.5) is 4.79 Å². The largest absolute Gasteiger partial charge is 0.522 e. The SMILES string of the molecule is CCCCCCCCc1cccnc1OC(=O)Oc1ncccc1CCCCCCCC. The molecule has 0 amide bonds. The van der Waals surface area contributed by atoms with E-state index in [1.807, 2.05) is 24.3 Å². The third-order valence-electron chi connectivity index (χ3n) is 5.66. The summed E-state index contributed by atoms with van der Waals surface area (Å²) < 4.78 is 10.9. The smallest absolute Gasteiger partial charge is 0.375 e. The summed E-state index contributed by atoms with van der Waals surface area (Å²) in [6.45, 7) is 4.45. The van der Waals surface area contributed by atoms with Crippen LogP contribution < -0.4 is 9.47 Å². The molecule has 0 bridgehead atoms. The van der Waals surface area contributed by atoms with E-state index in [0.717, 1.165) is 36.8 Å². The fraction of sp³-hybridized carbons (Fsp3) is 0.593. The van der Waals surface area contributed by atoms with Crippen molar-refractivity contribution in [2.45, 2.75) is 104 Å². The molecule has 0 aliphatic carbocycles. The topological polar surface area (TPSA) is 61.3 Å². The molecule has 0 aliphatic heterocycles. The van der Waals surface area contributed by atoms with E-state index in [9.17, 15) is 4.79 Å². The normalized spacial score (nSPS) is 10.8. The van der Waals surface area contributed by atoms with Crippen LogP contribution >= 0.6 is 0 Å². The first-order valence-corrected chi connectivity index (χ1v) is 12.5. The average molecular weight is 441 g/mol. The maximum atomic E-state index is 12.5. The Bertz CT molecular complexity index is 716. The lowest BCUT2D eigenvalue weighted by Crippen LogP contribution is -2.17. The lowest BCUT2D eigenvalue weighted by molar-refractivity contribution is 0.147. The number of pyridine rings is 2. The van der Waals surface area contributed by atoms with Gasteiger partial charge < -0.3 is 9.47 Å². The van der Waals surface area contributed by atoms with Crippen LogP contribution in [0, 0.1) is 0 Å². The summed E-state index contributed by atoms with van der Waals surface area (Å²) in [5.41, 5.74) is 1.88. The van der Waals surface area contributed by atoms with Crippen LogP contribution in [0.15, 0.2) is 36.7 Å². The fourth-order valence-corrected chi connectivity index (χ4v) is 3.78. The number of hydrogen-bond acceptors (Lipinski definition) is 5. The zero-order chi connectivity index (χ0) is 22.9. The average Bonchev–Trinajstić information content (AvgIpc) is 2.80. The van der Waals surface area contributed by atoms with E-state index in [2.05, 4.69) is 23.8 Å². The van der Waals surface area contributed by atoms with Crippen molar-refractivity contribution >= 4 is 6.16 Å². The van der Waals surface area contributed by atoms with Crippen LogP contribution in [-0.4, -0.2) is 16.1 Å². The molecule has 0 radical (unpaired) electrons. The molecule has 0 atom stereocenters. The summed E-state index contributed by atoms with van der Waals surface area (Å²) >= 11 is 0. The first kappa shape index (κ1) is 25.8. The van der Waals surface area contributed by atoms with Gasteiger partial charge in [-0.2, -0.15) is 0 Å². The van der Waals surface area contributed by atoms with Gasteiger partial charge in [-0.1, -0.05) is 90.2 Å². The van der Waals surface area contributed by atoms with Gasteiger partial charge in [0.2, 0.25) is 11.8 Å². The molecule has 176 valence electrons. The molecule has 0 saturated heterocycles. The van der Waals surface area contributed by atoms with Gasteiger partial charge in [-0.25, -0.2) is 14.8 Å². The van der Waals surface area contributed by atoms with Crippen molar-refractivity contribution in [2.24, 2.45) is 0 Å². The molecular weight excluding hydrogens is 400 g/mol. The van der Waals surface area contributed by atoms with E-state index < -0.39 is 6.16 Å². The summed E-state index contributed by atoms with van der Waals surface area (Å²) in [6.07, 6.45) is 18.8. The Morgan fingerprint density at radius 1 is 0.656 bits per heavy atom. The van der Waals surface area contributed by atoms with Crippen LogP contribution in [-0.2, 0) is 12.8 Å². The van der Waals surface area contributed by atoms with Gasteiger partial charge in [0.25, 0.3) is 0 Å². The minimum absolute atomic E-state index is 0.333. The predicted octanol–water partition coefficient (Wildman–Crippen LogP) is 7.86. The van der Waals surface area contributed by atoms with Gasteiger partial charge in [0, 0.05) is 23.5 Å². The Morgan fingerprint density at radius 3 is 1.50 bits per heavy atom. The van der Waals surface area contributed by atoms with E-state index in [1.165, 1.54) is 64.2 Å². The zero-order valence-corrected chi connectivity index (χ0v) is 20.0. The highest BCUT2D eigenvalue weighted by molar-refractivity contribution is 5.66. The van der Waals surface area contributed by atoms with Crippen LogP contribution in [0.25, 0.3) is 0 Å². The molecule has 5 heteroatoms. The molecule has 2 rings (SSSR count). The summed E-state index contributed by atoms with van der Waals surface area (Å²) in [5.74, 6) is 0.666. The number of unbranched alkanes of at least 4 members (excludes halogenated alkanes) is 10. The van der Waals surface area contributed by atoms with E-state index in [0.29, 0.717) is 11.8 Å². The molecular formula is C27H40N2O3. The quantitative estimate of drug-likeness (QED) is 0.196. The van der Waals surface area contributed by atoms with Crippen molar-refractivity contribution in [3.63, 3.8) is 0 Å². The van der Waals surface area contributed by atoms with Crippen LogP contribution in [0.2, 0.25) is 0 Å². The number of carbonyl (C=O) groups is 1. The maximum absolute atomic E-state index is 12.5. The standard InChI is InChI=1S/C27H40N2O3/c1-3-5-7-9-11-13-17-23-19-15-21-28-25(23)31-27(30)32-26-24(20-16-22-29-26)18-14-12-10-8-6-4-2/h15-16,19-22H,3-14,17-18H2,1-2H3. The van der Waals surface area contributed by atoms with Gasteiger partial charge >= 0.3 is 6.16 Å². The van der Waals surface area contributed by atoms with Crippen molar-refractivity contribution in [2.75, 3.05) is 0 Å². The molecule has 0 fully saturated rings. The van der Waals surface area contributed by atoms with Gasteiger partial charge in [0.1, 0.15) is 0 Å². The van der Waals surface area contributed by atoms with Gasteiger partial charge in [-0.05, 0) is 37.8 Å². The minimum atomic E-state index is -0.782. The first-order chi connectivity index (χ1) is 15.7. The number of rotatable bonds is 16. The van der Waals surface area contributed by atoms with Gasteiger partial charge in [-0.3, -0.25) is 0 Å². The van der Waals surface area contributed by atoms with Crippen LogP contribution in [0.3, 0.4) is 0 Å².